The van der Waals surface area contributed by atoms with Gasteiger partial charge in [0.15, 0.2) is 0 Å². The maximum absolute atomic E-state index is 11.7. The van der Waals surface area contributed by atoms with E-state index in [0.29, 0.717) is 11.6 Å². The van der Waals surface area contributed by atoms with Crippen LogP contribution in [0.25, 0.3) is 6.08 Å². The first-order chi connectivity index (χ1) is 10.1. The summed E-state index contributed by atoms with van der Waals surface area (Å²) in [7, 11) is 0. The fourth-order valence-corrected chi connectivity index (χ4v) is 2.27. The van der Waals surface area contributed by atoms with Gasteiger partial charge in [0, 0.05) is 30.4 Å². The third-order valence-electron chi connectivity index (χ3n) is 2.78. The number of rotatable bonds is 6. The normalized spacial score (nSPS) is 11.0. The number of nitrogens with zero attached hydrogens (tertiary/aromatic N) is 2. The molecule has 2 aromatic rings. The first-order valence-electron chi connectivity index (χ1n) is 6.53. The van der Waals surface area contributed by atoms with Crippen LogP contribution in [0.2, 0.25) is 5.02 Å². The SMILES string of the molecule is O=C(/C=C/c1ccccc1Cl)NCCCn1cc(Br)cn1. The lowest BCUT2D eigenvalue weighted by atomic mass is 10.2. The molecule has 0 fully saturated rings. The Morgan fingerprint density at radius 1 is 1.43 bits per heavy atom. The Labute approximate surface area is 136 Å². The third-order valence-corrected chi connectivity index (χ3v) is 3.54. The smallest absolute Gasteiger partial charge is 0.244 e. The molecular weight excluding hydrogens is 354 g/mol. The van der Waals surface area contributed by atoms with Crippen molar-refractivity contribution in [2.75, 3.05) is 6.54 Å². The standard InChI is InChI=1S/C15H15BrClN3O/c16-13-10-19-20(11-13)9-3-8-18-15(21)7-6-12-4-1-2-5-14(12)17/h1-2,4-7,10-11H,3,8-9H2,(H,18,21)/b7-6+. The molecule has 4 nitrogen and oxygen atoms in total. The number of benzene rings is 1. The van der Waals surface area contributed by atoms with E-state index in [1.807, 2.05) is 29.1 Å². The number of aryl methyl sites for hydroxylation is 1. The summed E-state index contributed by atoms with van der Waals surface area (Å²) in [6, 6.07) is 7.39. The molecule has 0 aliphatic rings. The van der Waals surface area contributed by atoms with Crippen molar-refractivity contribution >= 4 is 39.5 Å². The van der Waals surface area contributed by atoms with Crippen molar-refractivity contribution in [1.82, 2.24) is 15.1 Å². The fraction of sp³-hybridized carbons (Fsp3) is 0.200. The maximum atomic E-state index is 11.7. The maximum Gasteiger partial charge on any atom is 0.244 e. The van der Waals surface area contributed by atoms with E-state index in [1.165, 1.54) is 6.08 Å². The molecule has 0 aliphatic heterocycles. The molecule has 0 spiro atoms. The number of amides is 1. The van der Waals surface area contributed by atoms with Crippen molar-refractivity contribution in [1.29, 1.82) is 0 Å². The number of carbonyl (C=O) groups excluding carboxylic acids is 1. The van der Waals surface area contributed by atoms with E-state index < -0.39 is 0 Å². The molecule has 0 bridgehead atoms. The monoisotopic (exact) mass is 367 g/mol. The molecule has 0 unspecified atom stereocenters. The summed E-state index contributed by atoms with van der Waals surface area (Å²) in [6.45, 7) is 1.36. The Kier molecular flexibility index (Phi) is 6.02. The molecule has 0 saturated carbocycles. The highest BCUT2D eigenvalue weighted by Gasteiger charge is 1.98. The highest BCUT2D eigenvalue weighted by Crippen LogP contribution is 2.15. The summed E-state index contributed by atoms with van der Waals surface area (Å²) in [4.78, 5) is 11.7. The largest absolute Gasteiger partial charge is 0.352 e. The topological polar surface area (TPSA) is 46.9 Å². The van der Waals surface area contributed by atoms with Gasteiger partial charge in [0.1, 0.15) is 0 Å². The lowest BCUT2D eigenvalue weighted by molar-refractivity contribution is -0.116. The molecule has 1 aromatic heterocycles. The third kappa shape index (κ3) is 5.36. The Morgan fingerprint density at radius 2 is 2.24 bits per heavy atom. The van der Waals surface area contributed by atoms with E-state index in [4.69, 9.17) is 11.6 Å². The molecule has 2 rings (SSSR count). The van der Waals surface area contributed by atoms with Crippen LogP contribution in [0.1, 0.15) is 12.0 Å². The summed E-state index contributed by atoms with van der Waals surface area (Å²) in [5.41, 5.74) is 0.829. The zero-order valence-electron chi connectivity index (χ0n) is 11.3. The van der Waals surface area contributed by atoms with Crippen LogP contribution in [0.15, 0.2) is 47.2 Å². The predicted molar refractivity (Wildman–Crippen MR) is 88.0 cm³/mol. The molecule has 0 radical (unpaired) electrons. The summed E-state index contributed by atoms with van der Waals surface area (Å²) in [5.74, 6) is -0.128. The van der Waals surface area contributed by atoms with Crippen LogP contribution in [0.5, 0.6) is 0 Å². The molecule has 0 saturated heterocycles. The zero-order valence-corrected chi connectivity index (χ0v) is 13.6. The molecule has 1 heterocycles. The molecule has 1 amide bonds. The molecule has 0 aliphatic carbocycles. The van der Waals surface area contributed by atoms with Crippen molar-refractivity contribution < 1.29 is 4.79 Å². The van der Waals surface area contributed by atoms with Gasteiger partial charge in [-0.3, -0.25) is 9.48 Å². The van der Waals surface area contributed by atoms with Gasteiger partial charge in [-0.1, -0.05) is 29.8 Å². The second-order valence-corrected chi connectivity index (χ2v) is 5.74. The van der Waals surface area contributed by atoms with Crippen molar-refractivity contribution in [3.05, 3.63) is 57.8 Å². The predicted octanol–water partition coefficient (Wildman–Crippen LogP) is 3.52. The van der Waals surface area contributed by atoms with Gasteiger partial charge in [0.25, 0.3) is 0 Å². The average Bonchev–Trinajstić information content (AvgIpc) is 2.88. The van der Waals surface area contributed by atoms with Gasteiger partial charge < -0.3 is 5.32 Å². The van der Waals surface area contributed by atoms with Crippen molar-refractivity contribution in [2.45, 2.75) is 13.0 Å². The molecule has 21 heavy (non-hydrogen) atoms. The van der Waals surface area contributed by atoms with Crippen LogP contribution in [0.4, 0.5) is 0 Å². The van der Waals surface area contributed by atoms with Gasteiger partial charge in [0.2, 0.25) is 5.91 Å². The quantitative estimate of drug-likeness (QED) is 0.626. The lowest BCUT2D eigenvalue weighted by Gasteiger charge is -2.03. The number of halogens is 2. The average molecular weight is 369 g/mol. The molecular formula is C15H15BrClN3O. The van der Waals surface area contributed by atoms with Gasteiger partial charge in [0.05, 0.1) is 10.7 Å². The lowest BCUT2D eigenvalue weighted by Crippen LogP contribution is -2.23. The van der Waals surface area contributed by atoms with Gasteiger partial charge in [-0.05, 0) is 40.1 Å². The Hall–Kier alpha value is -1.59. The Bertz CT molecular complexity index is 639. The van der Waals surface area contributed by atoms with Crippen LogP contribution >= 0.6 is 27.5 Å². The summed E-state index contributed by atoms with van der Waals surface area (Å²) in [5, 5.41) is 7.60. The van der Waals surface area contributed by atoms with Crippen LogP contribution in [0.3, 0.4) is 0 Å². The minimum absolute atomic E-state index is 0.128. The van der Waals surface area contributed by atoms with E-state index in [9.17, 15) is 4.79 Å². The van der Waals surface area contributed by atoms with Gasteiger partial charge >= 0.3 is 0 Å². The van der Waals surface area contributed by atoms with Crippen LogP contribution in [-0.4, -0.2) is 22.2 Å². The van der Waals surface area contributed by atoms with Crippen molar-refractivity contribution in [3.8, 4) is 0 Å². The minimum atomic E-state index is -0.128. The summed E-state index contributed by atoms with van der Waals surface area (Å²) < 4.78 is 2.78. The number of nitrogens with one attached hydrogen (secondary N) is 1. The van der Waals surface area contributed by atoms with E-state index in [-0.39, 0.29) is 5.91 Å². The van der Waals surface area contributed by atoms with Crippen molar-refractivity contribution in [3.63, 3.8) is 0 Å². The number of carbonyl (C=O) groups is 1. The number of hydrogen-bond donors (Lipinski definition) is 1. The van der Waals surface area contributed by atoms with Crippen LogP contribution in [-0.2, 0) is 11.3 Å². The highest BCUT2D eigenvalue weighted by molar-refractivity contribution is 9.10. The first-order valence-corrected chi connectivity index (χ1v) is 7.70. The second-order valence-electron chi connectivity index (χ2n) is 4.42. The molecule has 110 valence electrons. The molecule has 1 aromatic carbocycles. The van der Waals surface area contributed by atoms with Gasteiger partial charge in [-0.2, -0.15) is 5.10 Å². The number of hydrogen-bond acceptors (Lipinski definition) is 2. The van der Waals surface area contributed by atoms with Gasteiger partial charge in [-0.15, -0.1) is 0 Å². The summed E-state index contributed by atoms with van der Waals surface area (Å²) in [6.07, 6.45) is 7.66. The van der Waals surface area contributed by atoms with E-state index in [2.05, 4.69) is 26.3 Å². The van der Waals surface area contributed by atoms with E-state index in [0.717, 1.165) is 23.0 Å². The summed E-state index contributed by atoms with van der Waals surface area (Å²) >= 11 is 9.35. The fourth-order valence-electron chi connectivity index (χ4n) is 1.75. The molecule has 1 N–H and O–H groups in total. The Morgan fingerprint density at radius 3 is 2.95 bits per heavy atom. The second kappa shape index (κ2) is 8.00. The molecule has 6 heteroatoms. The van der Waals surface area contributed by atoms with Crippen LogP contribution < -0.4 is 5.32 Å². The van der Waals surface area contributed by atoms with Gasteiger partial charge in [-0.25, -0.2) is 0 Å². The molecule has 0 atom stereocenters. The highest BCUT2D eigenvalue weighted by atomic mass is 79.9. The van der Waals surface area contributed by atoms with E-state index in [1.54, 1.807) is 18.3 Å². The van der Waals surface area contributed by atoms with E-state index >= 15 is 0 Å². The van der Waals surface area contributed by atoms with Crippen LogP contribution in [0, 0.1) is 0 Å². The number of aromatic nitrogens is 2. The minimum Gasteiger partial charge on any atom is -0.352 e. The Balaban J connectivity index is 1.71. The zero-order chi connectivity index (χ0) is 15.1. The van der Waals surface area contributed by atoms with Crippen molar-refractivity contribution in [2.24, 2.45) is 0 Å². The first kappa shape index (κ1) is 15.8.